The average Bonchev–Trinajstić information content (AvgIpc) is 3.50. The zero-order chi connectivity index (χ0) is 39.1. The van der Waals surface area contributed by atoms with Gasteiger partial charge in [0.15, 0.2) is 5.82 Å². The number of fused-ring (bicyclic) bond motifs is 4. The lowest BCUT2D eigenvalue weighted by Crippen LogP contribution is -2.19. The van der Waals surface area contributed by atoms with Crippen LogP contribution in [0.25, 0.3) is 56.2 Å². The number of hydrogen-bond acceptors (Lipinski definition) is 3. The van der Waals surface area contributed by atoms with Crippen LogP contribution in [0.3, 0.4) is 0 Å². The molecule has 0 spiro atoms. The molecular formula is C54H47N3. The van der Waals surface area contributed by atoms with Crippen molar-refractivity contribution in [3.8, 4) is 56.2 Å². The molecular weight excluding hydrogens is 691 g/mol. The SMILES string of the molecule is C=C1/C=C\C=C/Cc2cc3c(cc2N1c1cc(-c2nc(-c4ccccc4)cc(-c4ccccc4)n2)c(C)c(-c2ccccc2CCC)c1)C(C)(C)c1ccccc1-3. The molecule has 1 aliphatic carbocycles. The molecule has 0 radical (unpaired) electrons. The Hall–Kier alpha value is -6.58. The van der Waals surface area contributed by atoms with Gasteiger partial charge < -0.3 is 4.90 Å². The van der Waals surface area contributed by atoms with Crippen LogP contribution in [0.4, 0.5) is 11.4 Å². The zero-order valence-corrected chi connectivity index (χ0v) is 33.3. The molecule has 9 rings (SSSR count). The molecule has 6 aromatic carbocycles. The fraction of sp³-hybridized carbons (Fsp3) is 0.148. The van der Waals surface area contributed by atoms with E-state index in [1.807, 2.05) is 12.1 Å². The quantitative estimate of drug-likeness (QED) is 0.163. The summed E-state index contributed by atoms with van der Waals surface area (Å²) >= 11 is 0. The van der Waals surface area contributed by atoms with Gasteiger partial charge in [0.05, 0.1) is 11.4 Å². The molecule has 0 bridgehead atoms. The summed E-state index contributed by atoms with van der Waals surface area (Å²) < 4.78 is 0. The lowest BCUT2D eigenvalue weighted by atomic mass is 9.82. The Morgan fingerprint density at radius 2 is 1.26 bits per heavy atom. The maximum Gasteiger partial charge on any atom is 0.160 e. The zero-order valence-electron chi connectivity index (χ0n) is 33.3. The molecule has 3 heteroatoms. The van der Waals surface area contributed by atoms with Crippen LogP contribution >= 0.6 is 0 Å². The minimum atomic E-state index is -0.152. The number of aryl methyl sites for hydroxylation is 1. The summed E-state index contributed by atoms with van der Waals surface area (Å²) in [7, 11) is 0. The van der Waals surface area contributed by atoms with E-state index >= 15 is 0 Å². The third-order valence-electron chi connectivity index (χ3n) is 11.8. The highest BCUT2D eigenvalue weighted by Gasteiger charge is 2.37. The fourth-order valence-electron chi connectivity index (χ4n) is 8.82. The fourth-order valence-corrected chi connectivity index (χ4v) is 8.82. The average molecular weight is 738 g/mol. The molecule has 0 fully saturated rings. The molecule has 0 N–H and O–H groups in total. The van der Waals surface area contributed by atoms with Gasteiger partial charge in [0.25, 0.3) is 0 Å². The highest BCUT2D eigenvalue weighted by molar-refractivity contribution is 5.89. The second kappa shape index (κ2) is 14.8. The molecule has 7 aromatic rings. The van der Waals surface area contributed by atoms with Gasteiger partial charge in [-0.15, -0.1) is 0 Å². The largest absolute Gasteiger partial charge is 0.311 e. The third-order valence-corrected chi connectivity index (χ3v) is 11.8. The van der Waals surface area contributed by atoms with Crippen LogP contribution in [-0.4, -0.2) is 9.97 Å². The van der Waals surface area contributed by atoms with Gasteiger partial charge in [0, 0.05) is 39.2 Å². The summed E-state index contributed by atoms with van der Waals surface area (Å²) in [6.07, 6.45) is 11.5. The summed E-state index contributed by atoms with van der Waals surface area (Å²) in [5.74, 6) is 0.696. The van der Waals surface area contributed by atoms with Gasteiger partial charge in [0.2, 0.25) is 0 Å². The first-order valence-corrected chi connectivity index (χ1v) is 20.1. The van der Waals surface area contributed by atoms with Crippen LogP contribution in [0, 0.1) is 6.92 Å². The molecule has 3 nitrogen and oxygen atoms in total. The monoisotopic (exact) mass is 737 g/mol. The molecule has 57 heavy (non-hydrogen) atoms. The topological polar surface area (TPSA) is 29.0 Å². The second-order valence-electron chi connectivity index (χ2n) is 15.8. The van der Waals surface area contributed by atoms with Crippen molar-refractivity contribution in [2.45, 2.75) is 52.4 Å². The van der Waals surface area contributed by atoms with Crippen molar-refractivity contribution < 1.29 is 0 Å². The predicted molar refractivity (Wildman–Crippen MR) is 240 cm³/mol. The van der Waals surface area contributed by atoms with Crippen LogP contribution in [0.15, 0.2) is 176 Å². The number of anilines is 2. The van der Waals surface area contributed by atoms with Gasteiger partial charge in [0.1, 0.15) is 0 Å². The minimum Gasteiger partial charge on any atom is -0.311 e. The molecule has 0 saturated heterocycles. The van der Waals surface area contributed by atoms with Crippen LogP contribution in [-0.2, 0) is 18.3 Å². The van der Waals surface area contributed by atoms with E-state index in [0.29, 0.717) is 5.82 Å². The van der Waals surface area contributed by atoms with E-state index in [4.69, 9.17) is 16.5 Å². The van der Waals surface area contributed by atoms with Gasteiger partial charge in [-0.2, -0.15) is 0 Å². The Balaban J connectivity index is 1.33. The summed E-state index contributed by atoms with van der Waals surface area (Å²) in [6.45, 7) is 13.9. The summed E-state index contributed by atoms with van der Waals surface area (Å²) in [6, 6.07) is 50.3. The smallest absolute Gasteiger partial charge is 0.160 e. The lowest BCUT2D eigenvalue weighted by molar-refractivity contribution is 0.660. The van der Waals surface area contributed by atoms with Crippen LogP contribution in [0.1, 0.15) is 55.0 Å². The van der Waals surface area contributed by atoms with Crippen LogP contribution < -0.4 is 4.90 Å². The van der Waals surface area contributed by atoms with Crippen molar-refractivity contribution in [2.75, 3.05) is 4.90 Å². The van der Waals surface area contributed by atoms with Gasteiger partial charge >= 0.3 is 0 Å². The predicted octanol–water partition coefficient (Wildman–Crippen LogP) is 14.0. The van der Waals surface area contributed by atoms with Gasteiger partial charge in [-0.3, -0.25) is 0 Å². The maximum absolute atomic E-state index is 5.37. The van der Waals surface area contributed by atoms with Crippen molar-refractivity contribution >= 4 is 11.4 Å². The van der Waals surface area contributed by atoms with Crippen molar-refractivity contribution in [3.63, 3.8) is 0 Å². The van der Waals surface area contributed by atoms with Crippen molar-refractivity contribution in [3.05, 3.63) is 204 Å². The highest BCUT2D eigenvalue weighted by Crippen LogP contribution is 2.52. The Kier molecular flexibility index (Phi) is 9.38. The van der Waals surface area contributed by atoms with Gasteiger partial charge in [-0.05, 0) is 106 Å². The molecule has 1 aromatic heterocycles. The summed E-state index contributed by atoms with van der Waals surface area (Å²) in [5, 5.41) is 0. The van der Waals surface area contributed by atoms with E-state index < -0.39 is 0 Å². The summed E-state index contributed by atoms with van der Waals surface area (Å²) in [5.41, 5.74) is 19.3. The molecule has 0 amide bonds. The molecule has 2 aliphatic rings. The first-order valence-electron chi connectivity index (χ1n) is 20.1. The third kappa shape index (κ3) is 6.53. The van der Waals surface area contributed by atoms with Gasteiger partial charge in [-0.25, -0.2) is 9.97 Å². The minimum absolute atomic E-state index is 0.152. The molecule has 0 saturated carbocycles. The molecule has 1 aliphatic heterocycles. The van der Waals surface area contributed by atoms with E-state index in [1.165, 1.54) is 44.5 Å². The summed E-state index contributed by atoms with van der Waals surface area (Å²) in [4.78, 5) is 13.1. The number of hydrogen-bond donors (Lipinski definition) is 0. The molecule has 0 unspecified atom stereocenters. The van der Waals surface area contributed by atoms with Crippen LogP contribution in [0.2, 0.25) is 0 Å². The Morgan fingerprint density at radius 3 is 1.96 bits per heavy atom. The van der Waals surface area contributed by atoms with E-state index in [1.54, 1.807) is 0 Å². The standard InChI is InChI=1S/C54H47N3/c1-6-20-38-22-16-17-28-43(38)45-32-42(33-46(37(45)3)53-55-50(39-23-11-8-12-24-39)35-51(56-53)40-25-13-9-14-26-40)57-36(2)21-10-7-15-27-41-31-47-44-29-18-19-30-48(44)54(4,5)49(47)34-52(41)57/h7-19,21-26,28-35H,2,6,20,27H2,1,3-5H3/b15-7-,21-10-. The normalized spacial score (nSPS) is 15.2. The van der Waals surface area contributed by atoms with E-state index in [-0.39, 0.29) is 5.41 Å². The second-order valence-corrected chi connectivity index (χ2v) is 15.8. The van der Waals surface area contributed by atoms with Crippen molar-refractivity contribution in [1.82, 2.24) is 9.97 Å². The first-order chi connectivity index (χ1) is 27.8. The Labute approximate surface area is 337 Å². The lowest BCUT2D eigenvalue weighted by Gasteiger charge is -2.31. The number of benzene rings is 6. The maximum atomic E-state index is 5.37. The molecule has 278 valence electrons. The van der Waals surface area contributed by atoms with Crippen molar-refractivity contribution in [2.24, 2.45) is 0 Å². The number of aromatic nitrogens is 2. The molecule has 0 atom stereocenters. The Morgan fingerprint density at radius 1 is 0.632 bits per heavy atom. The van der Waals surface area contributed by atoms with E-state index in [2.05, 4.69) is 184 Å². The highest BCUT2D eigenvalue weighted by atomic mass is 15.1. The van der Waals surface area contributed by atoms with E-state index in [0.717, 1.165) is 70.0 Å². The van der Waals surface area contributed by atoms with Gasteiger partial charge in [-0.1, -0.05) is 161 Å². The van der Waals surface area contributed by atoms with Crippen molar-refractivity contribution in [1.29, 1.82) is 0 Å². The molecule has 2 heterocycles. The first kappa shape index (κ1) is 36.1. The Bertz CT molecular complexity index is 2660. The number of rotatable bonds is 7. The number of allylic oxidation sites excluding steroid dienone is 4. The van der Waals surface area contributed by atoms with Crippen LogP contribution in [0.5, 0.6) is 0 Å². The number of nitrogens with zero attached hydrogens (tertiary/aromatic N) is 3. The van der Waals surface area contributed by atoms with E-state index in [9.17, 15) is 0 Å².